The number of anilines is 1. The van der Waals surface area contributed by atoms with Crippen molar-refractivity contribution in [3.8, 4) is 0 Å². The molecule has 0 amide bonds. The van der Waals surface area contributed by atoms with Crippen molar-refractivity contribution in [2.45, 2.75) is 128 Å². The summed E-state index contributed by atoms with van der Waals surface area (Å²) in [6, 6.07) is 0. The summed E-state index contributed by atoms with van der Waals surface area (Å²) in [5.74, 6) is 1.58. The predicted molar refractivity (Wildman–Crippen MR) is 129 cm³/mol. The van der Waals surface area contributed by atoms with Crippen LogP contribution in [0.5, 0.6) is 0 Å². The summed E-state index contributed by atoms with van der Waals surface area (Å²) in [4.78, 5) is 4.00. The predicted octanol–water partition coefficient (Wildman–Crippen LogP) is 7.17. The van der Waals surface area contributed by atoms with Crippen LogP contribution < -0.4 is 5.73 Å². The van der Waals surface area contributed by atoms with Crippen LogP contribution in [0.2, 0.25) is 0 Å². The van der Waals surface area contributed by atoms with E-state index < -0.39 is 0 Å². The van der Waals surface area contributed by atoms with Crippen molar-refractivity contribution in [2.75, 3.05) is 11.5 Å². The van der Waals surface area contributed by atoms with Crippen molar-refractivity contribution >= 4 is 17.7 Å². The third-order valence-corrected chi connectivity index (χ3v) is 6.82. The molecule has 0 aliphatic heterocycles. The van der Waals surface area contributed by atoms with E-state index in [1.165, 1.54) is 103 Å². The maximum atomic E-state index is 10.1. The molecular formula is C24H47N3OS. The number of nitrogen functional groups attached to an aromatic ring is 1. The molecule has 0 radical (unpaired) electrons. The largest absolute Gasteiger partial charge is 0.382 e. The maximum absolute atomic E-state index is 10.1. The molecule has 0 aromatic carbocycles. The SMILES string of the molecule is CCCCCCCCCCCCCCCCCCSC(O)CCn1ccnc1N. The zero-order valence-electron chi connectivity index (χ0n) is 19.0. The average Bonchev–Trinajstić information content (AvgIpc) is 3.13. The van der Waals surface area contributed by atoms with Crippen LogP contribution >= 0.6 is 11.8 Å². The van der Waals surface area contributed by atoms with Gasteiger partial charge in [-0.3, -0.25) is 0 Å². The van der Waals surface area contributed by atoms with Crippen LogP contribution in [0.4, 0.5) is 5.95 Å². The van der Waals surface area contributed by atoms with Crippen LogP contribution in [0, 0.1) is 0 Å². The Hall–Kier alpha value is -0.680. The summed E-state index contributed by atoms with van der Waals surface area (Å²) >= 11 is 1.67. The van der Waals surface area contributed by atoms with Crippen molar-refractivity contribution in [1.29, 1.82) is 0 Å². The molecule has 4 nitrogen and oxygen atoms in total. The lowest BCUT2D eigenvalue weighted by Crippen LogP contribution is -2.09. The van der Waals surface area contributed by atoms with Crippen LogP contribution in [0.25, 0.3) is 0 Å². The molecule has 1 rings (SSSR count). The fourth-order valence-electron chi connectivity index (χ4n) is 3.73. The molecule has 0 saturated heterocycles. The summed E-state index contributed by atoms with van der Waals surface area (Å²) in [6.45, 7) is 3.02. The van der Waals surface area contributed by atoms with Gasteiger partial charge in [0, 0.05) is 25.4 Å². The summed E-state index contributed by atoms with van der Waals surface area (Å²) in [5.41, 5.74) is 5.44. The van der Waals surface area contributed by atoms with Crippen LogP contribution in [0.1, 0.15) is 116 Å². The number of nitrogens with zero attached hydrogens (tertiary/aromatic N) is 2. The van der Waals surface area contributed by atoms with Crippen molar-refractivity contribution in [3.05, 3.63) is 12.4 Å². The average molecular weight is 426 g/mol. The molecule has 1 unspecified atom stereocenters. The molecule has 1 aromatic heterocycles. The second-order valence-corrected chi connectivity index (χ2v) is 9.68. The first-order chi connectivity index (χ1) is 14.2. The topological polar surface area (TPSA) is 64.1 Å². The van der Waals surface area contributed by atoms with E-state index in [4.69, 9.17) is 5.73 Å². The molecule has 5 heteroatoms. The Morgan fingerprint density at radius 1 is 0.862 bits per heavy atom. The summed E-state index contributed by atoms with van der Waals surface area (Å²) in [5, 5.41) is 10.1. The molecule has 0 bridgehead atoms. The van der Waals surface area contributed by atoms with Crippen LogP contribution in [-0.4, -0.2) is 25.8 Å². The zero-order valence-corrected chi connectivity index (χ0v) is 19.8. The Morgan fingerprint density at radius 2 is 1.34 bits per heavy atom. The first kappa shape index (κ1) is 26.4. The van der Waals surface area contributed by atoms with Gasteiger partial charge in [0.15, 0.2) is 5.95 Å². The Bertz CT molecular complexity index is 467. The summed E-state index contributed by atoms with van der Waals surface area (Å²) in [6.07, 6.45) is 26.7. The second kappa shape index (κ2) is 19.3. The highest BCUT2D eigenvalue weighted by molar-refractivity contribution is 7.99. The minimum Gasteiger partial charge on any atom is -0.382 e. The van der Waals surface area contributed by atoms with E-state index in [1.54, 1.807) is 18.0 Å². The van der Waals surface area contributed by atoms with E-state index in [1.807, 2.05) is 10.8 Å². The summed E-state index contributed by atoms with van der Waals surface area (Å²) in [7, 11) is 0. The zero-order chi connectivity index (χ0) is 21.0. The summed E-state index contributed by atoms with van der Waals surface area (Å²) < 4.78 is 1.89. The van der Waals surface area contributed by atoms with Gasteiger partial charge in [-0.25, -0.2) is 4.98 Å². The van der Waals surface area contributed by atoms with Gasteiger partial charge in [0.05, 0.1) is 0 Å². The van der Waals surface area contributed by atoms with Gasteiger partial charge in [0.25, 0.3) is 0 Å². The molecule has 1 atom stereocenters. The van der Waals surface area contributed by atoms with Gasteiger partial charge in [-0.05, 0) is 12.2 Å². The highest BCUT2D eigenvalue weighted by Crippen LogP contribution is 2.17. The Morgan fingerprint density at radius 3 is 1.79 bits per heavy atom. The van der Waals surface area contributed by atoms with E-state index in [-0.39, 0.29) is 5.44 Å². The van der Waals surface area contributed by atoms with Crippen molar-refractivity contribution < 1.29 is 5.11 Å². The van der Waals surface area contributed by atoms with Crippen molar-refractivity contribution in [3.63, 3.8) is 0 Å². The maximum Gasteiger partial charge on any atom is 0.200 e. The van der Waals surface area contributed by atoms with Crippen molar-refractivity contribution in [1.82, 2.24) is 9.55 Å². The number of nitrogens with two attached hydrogens (primary N) is 1. The molecule has 1 aromatic rings. The Kier molecular flexibility index (Phi) is 17.5. The van der Waals surface area contributed by atoms with Crippen LogP contribution in [0.3, 0.4) is 0 Å². The lowest BCUT2D eigenvalue weighted by molar-refractivity contribution is 0.245. The molecule has 0 fully saturated rings. The normalized spacial score (nSPS) is 12.5. The highest BCUT2D eigenvalue weighted by atomic mass is 32.2. The molecule has 3 N–H and O–H groups in total. The molecular weight excluding hydrogens is 378 g/mol. The minimum atomic E-state index is -0.298. The first-order valence-electron chi connectivity index (χ1n) is 12.3. The molecule has 0 aliphatic rings. The molecule has 1 heterocycles. The van der Waals surface area contributed by atoms with Gasteiger partial charge in [0.1, 0.15) is 5.44 Å². The molecule has 0 saturated carbocycles. The van der Waals surface area contributed by atoms with E-state index >= 15 is 0 Å². The number of unbranched alkanes of at least 4 members (excludes halogenated alkanes) is 15. The highest BCUT2D eigenvalue weighted by Gasteiger charge is 2.06. The number of aryl methyl sites for hydroxylation is 1. The number of hydrogen-bond acceptors (Lipinski definition) is 4. The van der Waals surface area contributed by atoms with Gasteiger partial charge in [-0.2, -0.15) is 0 Å². The molecule has 0 aliphatic carbocycles. The number of aliphatic hydroxyl groups is 1. The standard InChI is InChI=1S/C24H47N3OS/c1-2-3-4-5-6-7-8-9-10-11-12-13-14-15-16-17-22-29-23(28)18-20-27-21-19-26-24(27)25/h19,21,23,28H,2-18,20,22H2,1H3,(H2,25,26). The molecule has 0 spiro atoms. The number of aromatic nitrogens is 2. The third kappa shape index (κ3) is 15.8. The van der Waals surface area contributed by atoms with Crippen LogP contribution in [-0.2, 0) is 6.54 Å². The lowest BCUT2D eigenvalue weighted by atomic mass is 10.0. The van der Waals surface area contributed by atoms with E-state index in [2.05, 4.69) is 11.9 Å². The van der Waals surface area contributed by atoms with Gasteiger partial charge in [0.2, 0.25) is 0 Å². The first-order valence-corrected chi connectivity index (χ1v) is 13.3. The van der Waals surface area contributed by atoms with Gasteiger partial charge < -0.3 is 15.4 Å². The number of aliphatic hydroxyl groups excluding tert-OH is 1. The second-order valence-electron chi connectivity index (χ2n) is 8.40. The number of rotatable bonds is 21. The monoisotopic (exact) mass is 425 g/mol. The minimum absolute atomic E-state index is 0.298. The number of thioether (sulfide) groups is 1. The van der Waals surface area contributed by atoms with Crippen LogP contribution in [0.15, 0.2) is 12.4 Å². The van der Waals surface area contributed by atoms with E-state index in [9.17, 15) is 5.11 Å². The van der Waals surface area contributed by atoms with Gasteiger partial charge in [-0.1, -0.05) is 103 Å². The van der Waals surface area contributed by atoms with Gasteiger partial charge >= 0.3 is 0 Å². The third-order valence-electron chi connectivity index (χ3n) is 5.67. The van der Waals surface area contributed by atoms with Crippen molar-refractivity contribution in [2.24, 2.45) is 0 Å². The number of imidazole rings is 1. The van der Waals surface area contributed by atoms with E-state index in [0.717, 1.165) is 18.7 Å². The fourth-order valence-corrected chi connectivity index (χ4v) is 4.65. The molecule has 29 heavy (non-hydrogen) atoms. The molecule has 170 valence electrons. The quantitative estimate of drug-likeness (QED) is 0.162. The Balaban J connectivity index is 1.74. The number of hydrogen-bond donors (Lipinski definition) is 2. The van der Waals surface area contributed by atoms with E-state index in [0.29, 0.717) is 5.95 Å². The Labute approximate surface area is 184 Å². The smallest absolute Gasteiger partial charge is 0.200 e. The fraction of sp³-hybridized carbons (Fsp3) is 0.875. The lowest BCUT2D eigenvalue weighted by Gasteiger charge is -2.11. The van der Waals surface area contributed by atoms with Gasteiger partial charge in [-0.15, -0.1) is 11.8 Å².